The summed E-state index contributed by atoms with van der Waals surface area (Å²) in [6.07, 6.45) is 2.67. The van der Waals surface area contributed by atoms with Gasteiger partial charge in [0.15, 0.2) is 5.69 Å². The lowest BCUT2D eigenvalue weighted by atomic mass is 10.1. The molecule has 0 aliphatic carbocycles. The van der Waals surface area contributed by atoms with Crippen LogP contribution in [0.3, 0.4) is 0 Å². The molecule has 0 radical (unpaired) electrons. The summed E-state index contributed by atoms with van der Waals surface area (Å²) in [5.74, 6) is 0.608. The molecule has 3 rings (SSSR count). The maximum Gasteiger partial charge on any atom is 0.272 e. The molecule has 0 saturated carbocycles. The highest BCUT2D eigenvalue weighted by Crippen LogP contribution is 2.17. The summed E-state index contributed by atoms with van der Waals surface area (Å²) in [5, 5.41) is 5.46. The summed E-state index contributed by atoms with van der Waals surface area (Å²) in [7, 11) is 3.91. The Morgan fingerprint density at radius 2 is 1.83 bits per heavy atom. The third kappa shape index (κ3) is 4.93. The number of rotatable bonds is 7. The molecule has 0 saturated heterocycles. The van der Waals surface area contributed by atoms with E-state index in [4.69, 9.17) is 0 Å². The van der Waals surface area contributed by atoms with Crippen LogP contribution in [0.25, 0.3) is 5.52 Å². The topological polar surface area (TPSA) is 78.7 Å². The first-order valence-electron chi connectivity index (χ1n) is 9.66. The van der Waals surface area contributed by atoms with Gasteiger partial charge in [0.2, 0.25) is 5.91 Å². The smallest absolute Gasteiger partial charge is 0.272 e. The van der Waals surface area contributed by atoms with Crippen molar-refractivity contribution in [3.63, 3.8) is 0 Å². The van der Waals surface area contributed by atoms with Crippen LogP contribution < -0.4 is 15.5 Å². The quantitative estimate of drug-likeness (QED) is 0.647. The fourth-order valence-corrected chi connectivity index (χ4v) is 3.07. The number of anilines is 2. The van der Waals surface area contributed by atoms with Gasteiger partial charge < -0.3 is 19.9 Å². The highest BCUT2D eigenvalue weighted by atomic mass is 16.2. The number of fused-ring (bicyclic) bond motifs is 1. The van der Waals surface area contributed by atoms with Crippen molar-refractivity contribution in [2.75, 3.05) is 30.9 Å². The number of pyridine rings is 1. The van der Waals surface area contributed by atoms with E-state index < -0.39 is 0 Å². The molecule has 29 heavy (non-hydrogen) atoms. The first-order chi connectivity index (χ1) is 13.8. The first kappa shape index (κ1) is 20.4. The number of nitrogens with one attached hydrogen (secondary N) is 2. The Morgan fingerprint density at radius 1 is 1.10 bits per heavy atom. The number of hydrogen-bond acceptors (Lipinski definition) is 4. The molecule has 7 heteroatoms. The SMILES string of the molecule is CC(C)Cc1nc(C(=O)NCC(=O)Nc2ccc(N(C)C)cc2)c2ccccn12. The molecule has 0 aliphatic heterocycles. The van der Waals surface area contributed by atoms with E-state index in [2.05, 4.69) is 29.5 Å². The summed E-state index contributed by atoms with van der Waals surface area (Å²) in [4.78, 5) is 31.4. The van der Waals surface area contributed by atoms with Crippen LogP contribution in [-0.2, 0) is 11.2 Å². The minimum atomic E-state index is -0.359. The van der Waals surface area contributed by atoms with E-state index in [1.165, 1.54) is 0 Å². The van der Waals surface area contributed by atoms with Crippen LogP contribution >= 0.6 is 0 Å². The van der Waals surface area contributed by atoms with Crippen LogP contribution in [0.4, 0.5) is 11.4 Å². The van der Waals surface area contributed by atoms with E-state index in [0.717, 1.165) is 23.4 Å². The zero-order valence-corrected chi connectivity index (χ0v) is 17.3. The van der Waals surface area contributed by atoms with Crippen molar-refractivity contribution in [1.29, 1.82) is 0 Å². The number of aromatic nitrogens is 2. The summed E-state index contributed by atoms with van der Waals surface area (Å²) in [6, 6.07) is 13.1. The zero-order valence-electron chi connectivity index (χ0n) is 17.3. The Kier molecular flexibility index (Phi) is 6.16. The summed E-state index contributed by atoms with van der Waals surface area (Å²) in [5.41, 5.74) is 2.80. The zero-order chi connectivity index (χ0) is 21.0. The van der Waals surface area contributed by atoms with E-state index in [1.54, 1.807) is 0 Å². The van der Waals surface area contributed by atoms with Crippen LogP contribution in [-0.4, -0.2) is 41.8 Å². The average Bonchev–Trinajstić information content (AvgIpc) is 3.04. The van der Waals surface area contributed by atoms with E-state index in [-0.39, 0.29) is 18.4 Å². The predicted octanol–water partition coefficient (Wildman–Crippen LogP) is 2.97. The number of carbonyl (C=O) groups excluding carboxylic acids is 2. The number of benzene rings is 1. The molecular weight excluding hydrogens is 366 g/mol. The van der Waals surface area contributed by atoms with Crippen LogP contribution in [0.2, 0.25) is 0 Å². The summed E-state index contributed by atoms with van der Waals surface area (Å²) >= 11 is 0. The molecule has 0 fully saturated rings. The highest BCUT2D eigenvalue weighted by Gasteiger charge is 2.18. The lowest BCUT2D eigenvalue weighted by molar-refractivity contribution is -0.115. The largest absolute Gasteiger partial charge is 0.378 e. The van der Waals surface area contributed by atoms with Gasteiger partial charge >= 0.3 is 0 Å². The van der Waals surface area contributed by atoms with Crippen LogP contribution in [0.5, 0.6) is 0 Å². The molecule has 0 bridgehead atoms. The van der Waals surface area contributed by atoms with Crippen molar-refractivity contribution in [2.45, 2.75) is 20.3 Å². The molecule has 1 aromatic carbocycles. The second-order valence-electron chi connectivity index (χ2n) is 7.60. The number of amides is 2. The van der Waals surface area contributed by atoms with E-state index in [1.807, 2.05) is 72.1 Å². The third-order valence-electron chi connectivity index (χ3n) is 4.50. The second-order valence-corrected chi connectivity index (χ2v) is 7.60. The van der Waals surface area contributed by atoms with Gasteiger partial charge in [0, 0.05) is 38.1 Å². The molecule has 0 aliphatic rings. The van der Waals surface area contributed by atoms with Crippen LogP contribution in [0, 0.1) is 5.92 Å². The lowest BCUT2D eigenvalue weighted by Gasteiger charge is -2.13. The average molecular weight is 393 g/mol. The molecule has 2 amide bonds. The van der Waals surface area contributed by atoms with E-state index in [9.17, 15) is 9.59 Å². The van der Waals surface area contributed by atoms with Gasteiger partial charge in [0.25, 0.3) is 5.91 Å². The van der Waals surface area contributed by atoms with Crippen molar-refractivity contribution in [2.24, 2.45) is 5.92 Å². The minimum Gasteiger partial charge on any atom is -0.378 e. The Balaban J connectivity index is 1.65. The standard InChI is InChI=1S/C22H27N5O2/c1-15(2)13-19-25-21(18-7-5-6-12-27(18)19)22(29)23-14-20(28)24-16-8-10-17(11-9-16)26(3)4/h5-12,15H,13-14H2,1-4H3,(H,23,29)(H,24,28). The van der Waals surface area contributed by atoms with E-state index in [0.29, 0.717) is 17.3 Å². The normalized spacial score (nSPS) is 10.9. The Hall–Kier alpha value is -3.35. The maximum absolute atomic E-state index is 12.7. The van der Waals surface area contributed by atoms with Crippen molar-refractivity contribution in [1.82, 2.24) is 14.7 Å². The third-order valence-corrected chi connectivity index (χ3v) is 4.50. The molecular formula is C22H27N5O2. The molecule has 152 valence electrons. The summed E-state index contributed by atoms with van der Waals surface area (Å²) in [6.45, 7) is 4.10. The van der Waals surface area contributed by atoms with Crippen LogP contribution in [0.1, 0.15) is 30.2 Å². The number of nitrogens with zero attached hydrogens (tertiary/aromatic N) is 3. The summed E-state index contributed by atoms with van der Waals surface area (Å²) < 4.78 is 1.93. The molecule has 0 spiro atoms. The Morgan fingerprint density at radius 3 is 2.48 bits per heavy atom. The van der Waals surface area contributed by atoms with Crippen molar-refractivity contribution in [3.05, 3.63) is 60.2 Å². The Labute approximate surface area is 170 Å². The van der Waals surface area contributed by atoms with Gasteiger partial charge in [-0.15, -0.1) is 0 Å². The van der Waals surface area contributed by atoms with Crippen molar-refractivity contribution >= 4 is 28.7 Å². The van der Waals surface area contributed by atoms with Crippen LogP contribution in [0.15, 0.2) is 48.7 Å². The predicted molar refractivity (Wildman–Crippen MR) is 115 cm³/mol. The maximum atomic E-state index is 12.7. The van der Waals surface area contributed by atoms with Gasteiger partial charge in [0.1, 0.15) is 5.82 Å². The van der Waals surface area contributed by atoms with Gasteiger partial charge in [-0.25, -0.2) is 4.98 Å². The van der Waals surface area contributed by atoms with Crippen molar-refractivity contribution < 1.29 is 9.59 Å². The minimum absolute atomic E-state index is 0.125. The van der Waals surface area contributed by atoms with E-state index >= 15 is 0 Å². The van der Waals surface area contributed by atoms with Gasteiger partial charge in [-0.1, -0.05) is 19.9 Å². The molecule has 2 heterocycles. The number of carbonyl (C=O) groups is 2. The molecule has 0 unspecified atom stereocenters. The fourth-order valence-electron chi connectivity index (χ4n) is 3.07. The van der Waals surface area contributed by atoms with Gasteiger partial charge in [-0.2, -0.15) is 0 Å². The van der Waals surface area contributed by atoms with Gasteiger partial charge in [0.05, 0.1) is 12.1 Å². The second kappa shape index (κ2) is 8.77. The first-order valence-corrected chi connectivity index (χ1v) is 9.66. The molecule has 0 atom stereocenters. The molecule has 7 nitrogen and oxygen atoms in total. The number of imidazole rings is 1. The number of hydrogen-bond donors (Lipinski definition) is 2. The van der Waals surface area contributed by atoms with Gasteiger partial charge in [-0.05, 0) is 42.3 Å². The Bertz CT molecular complexity index is 1010. The molecule has 2 N–H and O–H groups in total. The monoisotopic (exact) mass is 393 g/mol. The highest BCUT2D eigenvalue weighted by molar-refractivity contribution is 6.02. The van der Waals surface area contributed by atoms with Crippen molar-refractivity contribution in [3.8, 4) is 0 Å². The lowest BCUT2D eigenvalue weighted by Crippen LogP contribution is -2.33. The molecule has 3 aromatic rings. The fraction of sp³-hybridized carbons (Fsp3) is 0.318. The molecule has 2 aromatic heterocycles. The van der Waals surface area contributed by atoms with Gasteiger partial charge in [-0.3, -0.25) is 9.59 Å².